The van der Waals surface area contributed by atoms with Crippen molar-refractivity contribution >= 4 is 5.91 Å². The molecule has 2 heterocycles. The molecule has 0 bridgehead atoms. The van der Waals surface area contributed by atoms with Gasteiger partial charge in [-0.2, -0.15) is 5.10 Å². The Hall–Kier alpha value is -2.34. The van der Waals surface area contributed by atoms with Crippen LogP contribution in [0.3, 0.4) is 0 Å². The van der Waals surface area contributed by atoms with Crippen LogP contribution >= 0.6 is 0 Å². The van der Waals surface area contributed by atoms with Gasteiger partial charge in [0.1, 0.15) is 12.4 Å². The minimum Gasteiger partial charge on any atom is -0.497 e. The van der Waals surface area contributed by atoms with Gasteiger partial charge >= 0.3 is 0 Å². The van der Waals surface area contributed by atoms with Crippen LogP contribution in [-0.4, -0.2) is 40.8 Å². The van der Waals surface area contributed by atoms with Crippen LogP contribution in [0.2, 0.25) is 0 Å². The first-order chi connectivity index (χ1) is 11.7. The van der Waals surface area contributed by atoms with Crippen LogP contribution in [0.25, 0.3) is 0 Å². The molecule has 1 saturated heterocycles. The molecule has 0 spiro atoms. The van der Waals surface area contributed by atoms with Crippen molar-refractivity contribution in [2.24, 2.45) is 7.05 Å². The first kappa shape index (κ1) is 16.5. The number of carbonyl (C=O) groups is 1. The highest BCUT2D eigenvalue weighted by molar-refractivity contribution is 5.78. The normalized spacial score (nSPS) is 17.2. The van der Waals surface area contributed by atoms with Crippen LogP contribution < -0.4 is 4.74 Å². The highest BCUT2D eigenvalue weighted by Crippen LogP contribution is 2.31. The number of methoxy groups -OCH3 is 1. The van der Waals surface area contributed by atoms with Crippen molar-refractivity contribution in [3.63, 3.8) is 0 Å². The monoisotopic (exact) mass is 329 g/mol. The summed E-state index contributed by atoms with van der Waals surface area (Å²) in [5, 5.41) is 4.21. The minimum atomic E-state index is 0.0369. The van der Waals surface area contributed by atoms with Gasteiger partial charge in [-0.25, -0.2) is 0 Å². The van der Waals surface area contributed by atoms with Crippen LogP contribution in [0, 0.1) is 0 Å². The third-order valence-electron chi connectivity index (χ3n) is 4.34. The summed E-state index contributed by atoms with van der Waals surface area (Å²) in [7, 11) is 3.53. The standard InChI is InChI=1S/C18H23N3O3/c1-20-11-15(10-19-20)17-4-3-9-21(17)18(22)13-24-12-14-5-7-16(23-2)8-6-14/h5-8,10-11,17H,3-4,9,12-13H2,1-2H3. The number of benzene rings is 1. The van der Waals surface area contributed by atoms with Gasteiger partial charge < -0.3 is 14.4 Å². The predicted molar refractivity (Wildman–Crippen MR) is 89.5 cm³/mol. The molecule has 1 amide bonds. The number of carbonyl (C=O) groups excluding carboxylic acids is 1. The van der Waals surface area contributed by atoms with Gasteiger partial charge in [0.15, 0.2) is 0 Å². The van der Waals surface area contributed by atoms with Crippen LogP contribution in [-0.2, 0) is 23.2 Å². The molecule has 0 aliphatic carbocycles. The number of hydrogen-bond acceptors (Lipinski definition) is 4. The van der Waals surface area contributed by atoms with E-state index in [1.807, 2.05) is 48.6 Å². The summed E-state index contributed by atoms with van der Waals surface area (Å²) in [6.07, 6.45) is 5.82. The Morgan fingerprint density at radius 1 is 1.33 bits per heavy atom. The number of ether oxygens (including phenoxy) is 2. The molecule has 0 saturated carbocycles. The molecule has 1 aromatic carbocycles. The lowest BCUT2D eigenvalue weighted by atomic mass is 10.1. The minimum absolute atomic E-state index is 0.0369. The quantitative estimate of drug-likeness (QED) is 0.816. The van der Waals surface area contributed by atoms with Gasteiger partial charge in [-0.05, 0) is 30.5 Å². The number of hydrogen-bond donors (Lipinski definition) is 0. The van der Waals surface area contributed by atoms with E-state index in [2.05, 4.69) is 5.10 Å². The average Bonchev–Trinajstić information content (AvgIpc) is 3.24. The lowest BCUT2D eigenvalue weighted by Crippen LogP contribution is -2.33. The van der Waals surface area contributed by atoms with Crippen LogP contribution in [0.1, 0.15) is 30.0 Å². The lowest BCUT2D eigenvalue weighted by Gasteiger charge is -2.23. The summed E-state index contributed by atoms with van der Waals surface area (Å²) in [6, 6.07) is 7.78. The van der Waals surface area contributed by atoms with Crippen LogP contribution in [0.15, 0.2) is 36.7 Å². The third kappa shape index (κ3) is 3.76. The fourth-order valence-electron chi connectivity index (χ4n) is 3.08. The highest BCUT2D eigenvalue weighted by atomic mass is 16.5. The van der Waals surface area contributed by atoms with Crippen molar-refractivity contribution in [3.05, 3.63) is 47.8 Å². The van der Waals surface area contributed by atoms with E-state index in [9.17, 15) is 4.79 Å². The number of nitrogens with zero attached hydrogens (tertiary/aromatic N) is 3. The van der Waals surface area contributed by atoms with Gasteiger partial charge in [0.05, 0.1) is 26.0 Å². The van der Waals surface area contributed by atoms with Gasteiger partial charge in [-0.1, -0.05) is 12.1 Å². The number of aryl methyl sites for hydroxylation is 1. The Labute approximate surface area is 142 Å². The molecule has 1 fully saturated rings. The van der Waals surface area contributed by atoms with Crippen LogP contribution in [0.5, 0.6) is 5.75 Å². The number of aromatic nitrogens is 2. The van der Waals surface area contributed by atoms with Gasteiger partial charge in [0.2, 0.25) is 5.91 Å². The number of rotatable bonds is 6. The van der Waals surface area contributed by atoms with Gasteiger partial charge in [0, 0.05) is 25.4 Å². The molecule has 1 atom stereocenters. The topological polar surface area (TPSA) is 56.6 Å². The summed E-state index contributed by atoms with van der Waals surface area (Å²) < 4.78 is 12.5. The smallest absolute Gasteiger partial charge is 0.249 e. The Morgan fingerprint density at radius 3 is 2.79 bits per heavy atom. The summed E-state index contributed by atoms with van der Waals surface area (Å²) in [5.74, 6) is 0.848. The van der Waals surface area contributed by atoms with Crippen molar-refractivity contribution in [1.82, 2.24) is 14.7 Å². The second kappa shape index (κ2) is 7.49. The Morgan fingerprint density at radius 2 is 2.12 bits per heavy atom. The molecular weight excluding hydrogens is 306 g/mol. The third-order valence-corrected chi connectivity index (χ3v) is 4.34. The molecule has 1 aliphatic rings. The van der Waals surface area contributed by atoms with Crippen LogP contribution in [0.4, 0.5) is 0 Å². The van der Waals surface area contributed by atoms with Crippen molar-refractivity contribution in [3.8, 4) is 5.75 Å². The molecule has 1 aliphatic heterocycles. The number of amides is 1. The average molecular weight is 329 g/mol. The molecule has 3 rings (SSSR count). The molecule has 1 unspecified atom stereocenters. The molecule has 0 N–H and O–H groups in total. The first-order valence-electron chi connectivity index (χ1n) is 8.16. The molecule has 0 radical (unpaired) electrons. The zero-order valence-corrected chi connectivity index (χ0v) is 14.1. The molecular formula is C18H23N3O3. The van der Waals surface area contributed by atoms with E-state index in [0.717, 1.165) is 36.3 Å². The van der Waals surface area contributed by atoms with E-state index in [0.29, 0.717) is 6.61 Å². The fraction of sp³-hybridized carbons (Fsp3) is 0.444. The van der Waals surface area contributed by atoms with E-state index in [4.69, 9.17) is 9.47 Å². The van der Waals surface area contributed by atoms with E-state index in [-0.39, 0.29) is 18.6 Å². The number of likely N-dealkylation sites (tertiary alicyclic amines) is 1. The van der Waals surface area contributed by atoms with E-state index >= 15 is 0 Å². The zero-order chi connectivity index (χ0) is 16.9. The molecule has 24 heavy (non-hydrogen) atoms. The summed E-state index contributed by atoms with van der Waals surface area (Å²) in [5.41, 5.74) is 2.12. The Kier molecular flexibility index (Phi) is 5.15. The molecule has 2 aromatic rings. The van der Waals surface area contributed by atoms with E-state index in [1.54, 1.807) is 11.8 Å². The van der Waals surface area contributed by atoms with Crippen molar-refractivity contribution in [2.45, 2.75) is 25.5 Å². The molecule has 6 heteroatoms. The molecule has 6 nitrogen and oxygen atoms in total. The first-order valence-corrected chi connectivity index (χ1v) is 8.16. The predicted octanol–water partition coefficient (Wildman–Crippen LogP) is 2.31. The van der Waals surface area contributed by atoms with E-state index < -0.39 is 0 Å². The Balaban J connectivity index is 1.52. The highest BCUT2D eigenvalue weighted by Gasteiger charge is 2.30. The van der Waals surface area contributed by atoms with Crippen molar-refractivity contribution < 1.29 is 14.3 Å². The fourth-order valence-corrected chi connectivity index (χ4v) is 3.08. The second-order valence-electron chi connectivity index (χ2n) is 6.03. The maximum absolute atomic E-state index is 12.5. The van der Waals surface area contributed by atoms with Crippen molar-refractivity contribution in [1.29, 1.82) is 0 Å². The largest absolute Gasteiger partial charge is 0.497 e. The second-order valence-corrected chi connectivity index (χ2v) is 6.03. The SMILES string of the molecule is COc1ccc(COCC(=O)N2CCCC2c2cnn(C)c2)cc1. The summed E-state index contributed by atoms with van der Waals surface area (Å²) in [4.78, 5) is 14.4. The summed E-state index contributed by atoms with van der Waals surface area (Å²) in [6.45, 7) is 1.30. The van der Waals surface area contributed by atoms with Gasteiger partial charge in [0.25, 0.3) is 0 Å². The maximum Gasteiger partial charge on any atom is 0.249 e. The van der Waals surface area contributed by atoms with Gasteiger partial charge in [-0.15, -0.1) is 0 Å². The summed E-state index contributed by atoms with van der Waals surface area (Å²) >= 11 is 0. The lowest BCUT2D eigenvalue weighted by molar-refractivity contribution is -0.137. The Bertz CT molecular complexity index is 681. The maximum atomic E-state index is 12.5. The molecule has 1 aromatic heterocycles. The van der Waals surface area contributed by atoms with E-state index in [1.165, 1.54) is 0 Å². The van der Waals surface area contributed by atoms with Crippen molar-refractivity contribution in [2.75, 3.05) is 20.3 Å². The zero-order valence-electron chi connectivity index (χ0n) is 14.1. The van der Waals surface area contributed by atoms with Gasteiger partial charge in [-0.3, -0.25) is 9.48 Å². The molecule has 128 valence electrons.